The second-order valence-corrected chi connectivity index (χ2v) is 10.3. The minimum absolute atomic E-state index is 0.117. The van der Waals surface area contributed by atoms with Crippen LogP contribution in [0.4, 0.5) is 0 Å². The predicted octanol–water partition coefficient (Wildman–Crippen LogP) is 4.25. The van der Waals surface area contributed by atoms with Gasteiger partial charge in [0.05, 0.1) is 10.5 Å². The van der Waals surface area contributed by atoms with Gasteiger partial charge in [0.2, 0.25) is 10.0 Å². The molecule has 5 nitrogen and oxygen atoms in total. The van der Waals surface area contributed by atoms with Crippen LogP contribution in [0.25, 0.3) is 0 Å². The van der Waals surface area contributed by atoms with E-state index in [0.717, 1.165) is 16.7 Å². The van der Waals surface area contributed by atoms with Gasteiger partial charge in [-0.1, -0.05) is 23.7 Å². The Hall–Kier alpha value is -1.60. The maximum atomic E-state index is 13.0. The molecule has 0 radical (unpaired) electrons. The van der Waals surface area contributed by atoms with Gasteiger partial charge >= 0.3 is 0 Å². The van der Waals surface area contributed by atoms with E-state index >= 15 is 0 Å². The van der Waals surface area contributed by atoms with Crippen LogP contribution in [-0.2, 0) is 10.0 Å². The third-order valence-electron chi connectivity index (χ3n) is 5.42. The minimum atomic E-state index is -3.57. The van der Waals surface area contributed by atoms with Crippen molar-refractivity contribution in [2.75, 3.05) is 19.7 Å². The van der Waals surface area contributed by atoms with E-state index in [4.69, 9.17) is 16.3 Å². The first-order valence-electron chi connectivity index (χ1n) is 9.79. The van der Waals surface area contributed by atoms with E-state index in [1.54, 1.807) is 18.2 Å². The predicted molar refractivity (Wildman–Crippen MR) is 115 cm³/mol. The van der Waals surface area contributed by atoms with Crippen molar-refractivity contribution in [2.45, 2.75) is 50.5 Å². The maximum absolute atomic E-state index is 13.0. The van der Waals surface area contributed by atoms with Gasteiger partial charge in [0.1, 0.15) is 12.4 Å². The molecular weight excluding hydrogens is 410 g/mol. The summed E-state index contributed by atoms with van der Waals surface area (Å²) in [4.78, 5) is 0.298. The van der Waals surface area contributed by atoms with E-state index in [-0.39, 0.29) is 13.2 Å². The minimum Gasteiger partial charge on any atom is -0.491 e. The summed E-state index contributed by atoms with van der Waals surface area (Å²) in [7, 11) is -3.57. The average molecular weight is 438 g/mol. The van der Waals surface area contributed by atoms with E-state index in [0.29, 0.717) is 41.5 Å². The number of benzene rings is 2. The Morgan fingerprint density at radius 3 is 2.45 bits per heavy atom. The SMILES string of the molecule is Cc1cccc(S(=O)(=O)N2CCCC(O)(COc3cc(C)c(Cl)c(C)c3)CC2)c1. The lowest BCUT2D eigenvalue weighted by Gasteiger charge is -2.27. The highest BCUT2D eigenvalue weighted by molar-refractivity contribution is 7.89. The van der Waals surface area contributed by atoms with E-state index in [2.05, 4.69) is 0 Å². The normalized spacial score (nSPS) is 21.0. The van der Waals surface area contributed by atoms with Crippen LogP contribution in [0.1, 0.15) is 36.0 Å². The summed E-state index contributed by atoms with van der Waals surface area (Å²) in [5.41, 5.74) is 1.67. The van der Waals surface area contributed by atoms with Gasteiger partial charge in [-0.2, -0.15) is 4.31 Å². The quantitative estimate of drug-likeness (QED) is 0.759. The zero-order chi connectivity index (χ0) is 21.2. The van der Waals surface area contributed by atoms with Crippen molar-refractivity contribution >= 4 is 21.6 Å². The van der Waals surface area contributed by atoms with Gasteiger partial charge in [0.25, 0.3) is 0 Å². The summed E-state index contributed by atoms with van der Waals surface area (Å²) in [6, 6.07) is 10.6. The van der Waals surface area contributed by atoms with Crippen LogP contribution in [0.5, 0.6) is 5.75 Å². The molecular formula is C22H28ClNO4S. The number of hydrogen-bond acceptors (Lipinski definition) is 4. The van der Waals surface area contributed by atoms with Crippen molar-refractivity contribution in [3.05, 3.63) is 58.1 Å². The monoisotopic (exact) mass is 437 g/mol. The van der Waals surface area contributed by atoms with Crippen LogP contribution in [0, 0.1) is 20.8 Å². The van der Waals surface area contributed by atoms with Gasteiger partial charge in [-0.25, -0.2) is 8.42 Å². The molecule has 3 rings (SSSR count). The molecule has 1 N–H and O–H groups in total. The number of halogens is 1. The summed E-state index contributed by atoms with van der Waals surface area (Å²) < 4.78 is 33.3. The van der Waals surface area contributed by atoms with Gasteiger partial charge in [0.15, 0.2) is 0 Å². The molecule has 1 atom stereocenters. The van der Waals surface area contributed by atoms with Gasteiger partial charge < -0.3 is 9.84 Å². The number of aryl methyl sites for hydroxylation is 3. The first kappa shape index (κ1) is 22.1. The molecule has 2 aromatic carbocycles. The van der Waals surface area contributed by atoms with Crippen LogP contribution in [-0.4, -0.2) is 43.1 Å². The molecule has 0 aromatic heterocycles. The second-order valence-electron chi connectivity index (χ2n) is 7.96. The van der Waals surface area contributed by atoms with Crippen LogP contribution in [0.15, 0.2) is 41.3 Å². The molecule has 1 unspecified atom stereocenters. The molecule has 1 aliphatic heterocycles. The molecule has 2 aromatic rings. The summed E-state index contributed by atoms with van der Waals surface area (Å²) in [6.07, 6.45) is 1.38. The summed E-state index contributed by atoms with van der Waals surface area (Å²) >= 11 is 6.20. The molecule has 0 saturated carbocycles. The Morgan fingerprint density at radius 1 is 1.10 bits per heavy atom. The molecule has 0 spiro atoms. The molecule has 0 aliphatic carbocycles. The highest BCUT2D eigenvalue weighted by Crippen LogP contribution is 2.30. The molecule has 7 heteroatoms. The Morgan fingerprint density at radius 2 is 1.79 bits per heavy atom. The number of nitrogens with zero attached hydrogens (tertiary/aromatic N) is 1. The van der Waals surface area contributed by atoms with Crippen molar-refractivity contribution in [1.29, 1.82) is 0 Å². The lowest BCUT2D eigenvalue weighted by molar-refractivity contribution is -0.0156. The molecule has 1 heterocycles. The Kier molecular flexibility index (Phi) is 6.58. The fraction of sp³-hybridized carbons (Fsp3) is 0.455. The maximum Gasteiger partial charge on any atom is 0.243 e. The fourth-order valence-electron chi connectivity index (χ4n) is 3.67. The standard InChI is InChI=1S/C22H28ClNO4S/c1-16-6-4-7-20(12-16)29(26,27)24-10-5-8-22(25,9-11-24)15-28-19-13-17(2)21(23)18(3)14-19/h4,6-7,12-14,25H,5,8-11,15H2,1-3H3. The van der Waals surface area contributed by atoms with Gasteiger partial charge in [0, 0.05) is 18.1 Å². The molecule has 0 bridgehead atoms. The number of rotatable bonds is 5. The zero-order valence-electron chi connectivity index (χ0n) is 17.1. The van der Waals surface area contributed by atoms with Crippen molar-refractivity contribution in [3.63, 3.8) is 0 Å². The van der Waals surface area contributed by atoms with Crippen LogP contribution >= 0.6 is 11.6 Å². The van der Waals surface area contributed by atoms with Gasteiger partial charge in [-0.3, -0.25) is 0 Å². The second kappa shape index (κ2) is 8.64. The zero-order valence-corrected chi connectivity index (χ0v) is 18.7. The molecule has 1 fully saturated rings. The van der Waals surface area contributed by atoms with Gasteiger partial charge in [-0.15, -0.1) is 0 Å². The largest absolute Gasteiger partial charge is 0.491 e. The molecule has 1 aliphatic rings. The highest BCUT2D eigenvalue weighted by atomic mass is 35.5. The average Bonchev–Trinajstić information content (AvgIpc) is 2.87. The smallest absolute Gasteiger partial charge is 0.243 e. The molecule has 1 saturated heterocycles. The van der Waals surface area contributed by atoms with E-state index in [1.165, 1.54) is 4.31 Å². The van der Waals surface area contributed by atoms with Crippen molar-refractivity contribution in [1.82, 2.24) is 4.31 Å². The van der Waals surface area contributed by atoms with Crippen molar-refractivity contribution in [3.8, 4) is 5.75 Å². The third-order valence-corrected chi connectivity index (χ3v) is 7.91. The van der Waals surface area contributed by atoms with Crippen LogP contribution in [0.2, 0.25) is 5.02 Å². The Labute approximate surface area is 178 Å². The Bertz CT molecular complexity index is 969. The number of hydrogen-bond donors (Lipinski definition) is 1. The Balaban J connectivity index is 1.68. The summed E-state index contributed by atoms with van der Waals surface area (Å²) in [6.45, 7) is 6.46. The van der Waals surface area contributed by atoms with E-state index in [9.17, 15) is 13.5 Å². The summed E-state index contributed by atoms with van der Waals surface area (Å²) in [5, 5.41) is 11.7. The number of aliphatic hydroxyl groups is 1. The lowest BCUT2D eigenvalue weighted by atomic mass is 9.96. The molecule has 29 heavy (non-hydrogen) atoms. The van der Waals surface area contributed by atoms with Crippen molar-refractivity contribution in [2.24, 2.45) is 0 Å². The lowest BCUT2D eigenvalue weighted by Crippen LogP contribution is -2.38. The molecule has 0 amide bonds. The fourth-order valence-corrected chi connectivity index (χ4v) is 5.36. The van der Waals surface area contributed by atoms with E-state index in [1.807, 2.05) is 39.0 Å². The number of ether oxygens (including phenoxy) is 1. The van der Waals surface area contributed by atoms with Crippen molar-refractivity contribution < 1.29 is 18.3 Å². The summed E-state index contributed by atoms with van der Waals surface area (Å²) in [5.74, 6) is 0.659. The van der Waals surface area contributed by atoms with Gasteiger partial charge in [-0.05, 0) is 81.0 Å². The van der Waals surface area contributed by atoms with E-state index < -0.39 is 15.6 Å². The first-order valence-corrected chi connectivity index (χ1v) is 11.6. The highest BCUT2D eigenvalue weighted by Gasteiger charge is 2.35. The van der Waals surface area contributed by atoms with Crippen LogP contribution < -0.4 is 4.74 Å². The molecule has 158 valence electrons. The third kappa shape index (κ3) is 5.12. The number of sulfonamides is 1. The van der Waals surface area contributed by atoms with Crippen LogP contribution in [0.3, 0.4) is 0 Å². The topological polar surface area (TPSA) is 66.8 Å². The first-order chi connectivity index (χ1) is 13.6.